The lowest BCUT2D eigenvalue weighted by Gasteiger charge is -2.30. The van der Waals surface area contributed by atoms with Crippen molar-refractivity contribution < 1.29 is 23.1 Å². The maximum atomic E-state index is 11.8. The van der Waals surface area contributed by atoms with Gasteiger partial charge in [-0.1, -0.05) is 13.8 Å². The first-order valence-corrected chi connectivity index (χ1v) is 8.55. The van der Waals surface area contributed by atoms with Crippen LogP contribution in [0.5, 0.6) is 0 Å². The summed E-state index contributed by atoms with van der Waals surface area (Å²) in [5, 5.41) is 14.1. The number of hydrogen-bond acceptors (Lipinski definition) is 4. The van der Waals surface area contributed by atoms with Gasteiger partial charge >= 0.3 is 12.0 Å². The van der Waals surface area contributed by atoms with Crippen LogP contribution in [0.4, 0.5) is 4.79 Å². The van der Waals surface area contributed by atoms with Crippen LogP contribution in [0, 0.1) is 0 Å². The normalized spacial score (nSPS) is 12.8. The highest BCUT2D eigenvalue weighted by Gasteiger charge is 2.36. The van der Waals surface area contributed by atoms with Crippen molar-refractivity contribution in [1.29, 1.82) is 0 Å². The second-order valence-electron chi connectivity index (χ2n) is 5.66. The van der Waals surface area contributed by atoms with Crippen LogP contribution in [0.1, 0.15) is 40.5 Å². The van der Waals surface area contributed by atoms with Crippen LogP contribution in [0.3, 0.4) is 0 Å². The predicted molar refractivity (Wildman–Crippen MR) is 79.5 cm³/mol. The van der Waals surface area contributed by atoms with Gasteiger partial charge < -0.3 is 15.7 Å². The average molecular weight is 323 g/mol. The fourth-order valence-corrected chi connectivity index (χ4v) is 2.96. The molecule has 0 bridgehead atoms. The summed E-state index contributed by atoms with van der Waals surface area (Å²) in [7, 11) is -3.40. The number of sulfonamides is 1. The van der Waals surface area contributed by atoms with E-state index >= 15 is 0 Å². The molecule has 0 atom stereocenters. The number of amides is 2. The molecule has 0 fully saturated rings. The van der Waals surface area contributed by atoms with E-state index in [1.165, 1.54) is 0 Å². The van der Waals surface area contributed by atoms with E-state index in [2.05, 4.69) is 15.4 Å². The minimum atomic E-state index is -3.40. The van der Waals surface area contributed by atoms with Gasteiger partial charge in [-0.25, -0.2) is 22.7 Å². The van der Waals surface area contributed by atoms with Gasteiger partial charge in [0.25, 0.3) is 0 Å². The van der Waals surface area contributed by atoms with E-state index in [-0.39, 0.29) is 19.4 Å². The molecule has 0 aliphatic rings. The molecule has 4 N–H and O–H groups in total. The van der Waals surface area contributed by atoms with E-state index in [4.69, 9.17) is 0 Å². The molecular formula is C12H25N3O5S. The van der Waals surface area contributed by atoms with Crippen LogP contribution < -0.4 is 15.4 Å². The van der Waals surface area contributed by atoms with Crippen LogP contribution in [0.2, 0.25) is 0 Å². The highest BCUT2D eigenvalue weighted by molar-refractivity contribution is 7.88. The van der Waals surface area contributed by atoms with Crippen molar-refractivity contribution >= 4 is 22.0 Å². The third-order valence-electron chi connectivity index (χ3n) is 3.12. The van der Waals surface area contributed by atoms with Crippen LogP contribution >= 0.6 is 0 Å². The summed E-state index contributed by atoms with van der Waals surface area (Å²) in [6.07, 6.45) is 1.52. The summed E-state index contributed by atoms with van der Waals surface area (Å²) < 4.78 is 24.7. The minimum absolute atomic E-state index is 0.0228. The summed E-state index contributed by atoms with van der Waals surface area (Å²) in [4.78, 5) is 23.1. The van der Waals surface area contributed by atoms with Crippen LogP contribution in [-0.2, 0) is 14.8 Å². The van der Waals surface area contributed by atoms with E-state index in [1.54, 1.807) is 27.7 Å². The van der Waals surface area contributed by atoms with Crippen molar-refractivity contribution in [2.45, 2.75) is 51.6 Å². The van der Waals surface area contributed by atoms with Gasteiger partial charge in [-0.3, -0.25) is 0 Å². The predicted octanol–water partition coefficient (Wildman–Crippen LogP) is 0.257. The molecule has 0 heterocycles. The first-order chi connectivity index (χ1) is 9.37. The lowest BCUT2D eigenvalue weighted by Crippen LogP contribution is -2.59. The Labute approximate surface area is 125 Å². The molecule has 0 rings (SSSR count). The molecule has 0 aromatic rings. The fourth-order valence-electron chi connectivity index (χ4n) is 1.88. The zero-order valence-electron chi connectivity index (χ0n) is 13.1. The maximum absolute atomic E-state index is 11.8. The zero-order chi connectivity index (χ0) is 16.9. The number of aliphatic carboxylic acids is 1. The summed E-state index contributed by atoms with van der Waals surface area (Å²) in [6, 6.07) is -0.649. The van der Waals surface area contributed by atoms with Crippen molar-refractivity contribution in [3.05, 3.63) is 0 Å². The Kier molecular flexibility index (Phi) is 6.62. The van der Waals surface area contributed by atoms with Crippen molar-refractivity contribution in [1.82, 2.24) is 15.4 Å². The maximum Gasteiger partial charge on any atom is 0.329 e. The zero-order valence-corrected chi connectivity index (χ0v) is 13.9. The minimum Gasteiger partial charge on any atom is -0.480 e. The number of carbonyl (C=O) groups is 2. The molecule has 0 unspecified atom stereocenters. The van der Waals surface area contributed by atoms with Crippen LogP contribution in [0.25, 0.3) is 0 Å². The first-order valence-electron chi connectivity index (χ1n) is 6.66. The molecule has 0 aliphatic heterocycles. The van der Waals surface area contributed by atoms with Gasteiger partial charge in [0, 0.05) is 12.1 Å². The van der Waals surface area contributed by atoms with Gasteiger partial charge in [-0.05, 0) is 26.7 Å². The molecule has 124 valence electrons. The number of carboxylic acid groups (broad SMARTS) is 1. The van der Waals surface area contributed by atoms with E-state index in [9.17, 15) is 23.1 Å². The Hall–Kier alpha value is -1.35. The van der Waals surface area contributed by atoms with Crippen molar-refractivity contribution in [3.63, 3.8) is 0 Å². The smallest absolute Gasteiger partial charge is 0.329 e. The Morgan fingerprint density at radius 1 is 1.14 bits per heavy atom. The molecule has 9 heteroatoms. The van der Waals surface area contributed by atoms with Gasteiger partial charge in [-0.2, -0.15) is 0 Å². The number of carbonyl (C=O) groups excluding carboxylic acids is 1. The molecule has 8 nitrogen and oxygen atoms in total. The third-order valence-corrected chi connectivity index (χ3v) is 4.05. The van der Waals surface area contributed by atoms with Crippen LogP contribution in [-0.4, -0.2) is 49.4 Å². The largest absolute Gasteiger partial charge is 0.480 e. The highest BCUT2D eigenvalue weighted by Crippen LogP contribution is 2.15. The third kappa shape index (κ3) is 6.76. The Balaban J connectivity index is 4.68. The Morgan fingerprint density at radius 2 is 1.62 bits per heavy atom. The second-order valence-corrected chi connectivity index (χ2v) is 7.41. The standard InChI is InChI=1S/C12H25N3O5S/c1-6-12(7-2,9(16)17)14-10(18)13-8-11(3,4)15-21(5,19)20/h15H,6-8H2,1-5H3,(H,16,17)(H2,13,14,18). The van der Waals surface area contributed by atoms with E-state index in [0.29, 0.717) is 0 Å². The average Bonchev–Trinajstić information content (AvgIpc) is 2.30. The lowest BCUT2D eigenvalue weighted by molar-refractivity contribution is -0.144. The molecule has 0 aliphatic carbocycles. The summed E-state index contributed by atoms with van der Waals surface area (Å²) in [6.45, 7) is 6.59. The van der Waals surface area contributed by atoms with Gasteiger partial charge in [0.1, 0.15) is 5.54 Å². The van der Waals surface area contributed by atoms with E-state index < -0.39 is 33.1 Å². The number of nitrogens with one attached hydrogen (secondary N) is 3. The quantitative estimate of drug-likeness (QED) is 0.510. The number of carboxylic acids is 1. The molecule has 0 spiro atoms. The molecule has 0 radical (unpaired) electrons. The van der Waals surface area contributed by atoms with Gasteiger partial charge in [0.05, 0.1) is 6.26 Å². The molecule has 0 aromatic carbocycles. The topological polar surface area (TPSA) is 125 Å². The Morgan fingerprint density at radius 3 is 1.95 bits per heavy atom. The molecular weight excluding hydrogens is 298 g/mol. The SMILES string of the molecule is CCC(CC)(NC(=O)NCC(C)(C)NS(C)(=O)=O)C(=O)O. The molecule has 0 aromatic heterocycles. The monoisotopic (exact) mass is 323 g/mol. The molecule has 0 saturated heterocycles. The van der Waals surface area contributed by atoms with Gasteiger partial charge in [0.2, 0.25) is 10.0 Å². The second kappa shape index (κ2) is 7.08. The van der Waals surface area contributed by atoms with Crippen molar-refractivity contribution in [2.75, 3.05) is 12.8 Å². The first kappa shape index (κ1) is 19.7. The summed E-state index contributed by atoms with van der Waals surface area (Å²) in [5.41, 5.74) is -2.20. The summed E-state index contributed by atoms with van der Waals surface area (Å²) >= 11 is 0. The Bertz CT molecular complexity index is 483. The van der Waals surface area contributed by atoms with E-state index in [0.717, 1.165) is 6.26 Å². The highest BCUT2D eigenvalue weighted by atomic mass is 32.2. The van der Waals surface area contributed by atoms with Gasteiger partial charge in [0.15, 0.2) is 0 Å². The number of hydrogen-bond donors (Lipinski definition) is 4. The molecule has 21 heavy (non-hydrogen) atoms. The van der Waals surface area contributed by atoms with Crippen molar-refractivity contribution in [2.24, 2.45) is 0 Å². The fraction of sp³-hybridized carbons (Fsp3) is 0.833. The molecule has 2 amide bonds. The summed E-state index contributed by atoms with van der Waals surface area (Å²) in [5.74, 6) is -1.10. The molecule has 0 saturated carbocycles. The lowest BCUT2D eigenvalue weighted by atomic mass is 9.93. The van der Waals surface area contributed by atoms with E-state index in [1.807, 2.05) is 0 Å². The van der Waals surface area contributed by atoms with Gasteiger partial charge in [-0.15, -0.1) is 0 Å². The van der Waals surface area contributed by atoms with Crippen molar-refractivity contribution in [3.8, 4) is 0 Å². The number of rotatable bonds is 8. The number of urea groups is 1. The van der Waals surface area contributed by atoms with Crippen LogP contribution in [0.15, 0.2) is 0 Å².